The number of alkyl halides is 3. The first kappa shape index (κ1) is 14.7. The first-order valence-electron chi connectivity index (χ1n) is 6.63. The maximum atomic E-state index is 12.7. The summed E-state index contributed by atoms with van der Waals surface area (Å²) in [6.45, 7) is 3.71. The van der Waals surface area contributed by atoms with Crippen molar-refractivity contribution in [2.75, 3.05) is 18.0 Å². The maximum absolute atomic E-state index is 12.7. The Morgan fingerprint density at radius 3 is 2.65 bits per heavy atom. The van der Waals surface area contributed by atoms with Gasteiger partial charge in [0, 0.05) is 24.3 Å². The highest BCUT2D eigenvalue weighted by Crippen LogP contribution is 2.34. The van der Waals surface area contributed by atoms with E-state index in [9.17, 15) is 13.2 Å². The highest BCUT2D eigenvalue weighted by Gasteiger charge is 2.32. The number of amidine groups is 1. The molecular weight excluding hydrogens is 267 g/mol. The molecule has 1 aromatic carbocycles. The number of nitrogens with two attached hydrogens (primary N) is 1. The summed E-state index contributed by atoms with van der Waals surface area (Å²) in [5.41, 5.74) is 5.47. The van der Waals surface area contributed by atoms with Crippen LogP contribution in [0.2, 0.25) is 0 Å². The smallest absolute Gasteiger partial charge is 0.384 e. The van der Waals surface area contributed by atoms with Gasteiger partial charge < -0.3 is 10.6 Å². The van der Waals surface area contributed by atoms with Gasteiger partial charge in [-0.2, -0.15) is 13.2 Å². The van der Waals surface area contributed by atoms with E-state index in [1.165, 1.54) is 6.07 Å². The van der Waals surface area contributed by atoms with Gasteiger partial charge in [0.05, 0.1) is 5.56 Å². The number of hydrogen-bond donors (Lipinski definition) is 2. The van der Waals surface area contributed by atoms with Gasteiger partial charge in [0.25, 0.3) is 0 Å². The van der Waals surface area contributed by atoms with Gasteiger partial charge in [-0.25, -0.2) is 0 Å². The maximum Gasteiger partial charge on any atom is 0.416 e. The van der Waals surface area contributed by atoms with Crippen LogP contribution in [0, 0.1) is 11.3 Å². The third-order valence-corrected chi connectivity index (χ3v) is 3.82. The number of nitrogen functional groups attached to an aromatic ring is 1. The fourth-order valence-electron chi connectivity index (χ4n) is 2.59. The molecule has 1 aromatic rings. The van der Waals surface area contributed by atoms with E-state index in [1.807, 2.05) is 4.90 Å². The van der Waals surface area contributed by atoms with Gasteiger partial charge in [-0.15, -0.1) is 0 Å². The highest BCUT2D eigenvalue weighted by molar-refractivity contribution is 6.00. The van der Waals surface area contributed by atoms with Gasteiger partial charge in [0.2, 0.25) is 0 Å². The van der Waals surface area contributed by atoms with Crippen LogP contribution >= 0.6 is 0 Å². The van der Waals surface area contributed by atoms with Crippen LogP contribution in [0.1, 0.15) is 30.9 Å². The van der Waals surface area contributed by atoms with E-state index < -0.39 is 11.7 Å². The number of nitrogens with zero attached hydrogens (tertiary/aromatic N) is 1. The molecule has 1 aliphatic heterocycles. The molecule has 1 saturated heterocycles. The Hall–Kier alpha value is -1.72. The Kier molecular flexibility index (Phi) is 3.92. The molecule has 0 saturated carbocycles. The molecule has 0 spiro atoms. The van der Waals surface area contributed by atoms with Crippen molar-refractivity contribution in [3.05, 3.63) is 29.3 Å². The van der Waals surface area contributed by atoms with Crippen molar-refractivity contribution in [1.29, 1.82) is 5.41 Å². The van der Waals surface area contributed by atoms with E-state index in [4.69, 9.17) is 11.1 Å². The molecule has 6 heteroatoms. The standard InChI is InChI=1S/C14H18F3N3/c1-2-9-5-6-20(8-9)12-4-3-10(14(15,16)17)7-11(12)13(18)19/h3-4,7,9H,2,5-6,8H2,1H3,(H3,18,19). The predicted molar refractivity (Wildman–Crippen MR) is 73.1 cm³/mol. The largest absolute Gasteiger partial charge is 0.416 e. The lowest BCUT2D eigenvalue weighted by Gasteiger charge is -2.22. The van der Waals surface area contributed by atoms with E-state index in [-0.39, 0.29) is 11.4 Å². The van der Waals surface area contributed by atoms with Crippen LogP contribution in [0.4, 0.5) is 18.9 Å². The molecule has 1 fully saturated rings. The van der Waals surface area contributed by atoms with Gasteiger partial charge in [-0.1, -0.05) is 13.3 Å². The monoisotopic (exact) mass is 285 g/mol. The van der Waals surface area contributed by atoms with E-state index >= 15 is 0 Å². The molecule has 1 heterocycles. The summed E-state index contributed by atoms with van der Waals surface area (Å²) in [6.07, 6.45) is -2.35. The summed E-state index contributed by atoms with van der Waals surface area (Å²) < 4.78 is 38.2. The van der Waals surface area contributed by atoms with Crippen molar-refractivity contribution in [3.8, 4) is 0 Å². The van der Waals surface area contributed by atoms with Crippen LogP contribution in [0.5, 0.6) is 0 Å². The SMILES string of the molecule is CCC1CCN(c2ccc(C(F)(F)F)cc2C(=N)N)C1. The molecular formula is C14H18F3N3. The van der Waals surface area contributed by atoms with Crippen molar-refractivity contribution in [3.63, 3.8) is 0 Å². The van der Waals surface area contributed by atoms with Gasteiger partial charge in [-0.05, 0) is 30.5 Å². The Balaban J connectivity index is 2.36. The van der Waals surface area contributed by atoms with Crippen molar-refractivity contribution in [2.24, 2.45) is 11.7 Å². The number of benzene rings is 1. The summed E-state index contributed by atoms with van der Waals surface area (Å²) >= 11 is 0. The third kappa shape index (κ3) is 2.89. The fourth-order valence-corrected chi connectivity index (χ4v) is 2.59. The summed E-state index contributed by atoms with van der Waals surface area (Å²) in [5.74, 6) is 0.225. The fraction of sp³-hybridized carbons (Fsp3) is 0.500. The second kappa shape index (κ2) is 5.34. The van der Waals surface area contributed by atoms with Crippen molar-refractivity contribution < 1.29 is 13.2 Å². The van der Waals surface area contributed by atoms with Crippen molar-refractivity contribution in [2.45, 2.75) is 25.9 Å². The van der Waals surface area contributed by atoms with Gasteiger partial charge >= 0.3 is 6.18 Å². The van der Waals surface area contributed by atoms with Crippen LogP contribution < -0.4 is 10.6 Å². The normalized spacial score (nSPS) is 19.4. The summed E-state index contributed by atoms with van der Waals surface area (Å²) in [5, 5.41) is 7.52. The Bertz CT molecular complexity index is 511. The second-order valence-electron chi connectivity index (χ2n) is 5.15. The minimum atomic E-state index is -4.42. The molecule has 0 aromatic heterocycles. The molecule has 1 aliphatic rings. The van der Waals surface area contributed by atoms with Crippen LogP contribution in [0.25, 0.3) is 0 Å². The first-order valence-corrected chi connectivity index (χ1v) is 6.63. The minimum absolute atomic E-state index is 0.163. The van der Waals surface area contributed by atoms with Crippen LogP contribution in [0.15, 0.2) is 18.2 Å². The number of halogens is 3. The zero-order valence-electron chi connectivity index (χ0n) is 11.3. The summed E-state index contributed by atoms with van der Waals surface area (Å²) in [7, 11) is 0. The number of rotatable bonds is 3. The van der Waals surface area contributed by atoms with Gasteiger partial charge in [0.1, 0.15) is 5.84 Å². The highest BCUT2D eigenvalue weighted by atomic mass is 19.4. The van der Waals surface area contributed by atoms with Crippen LogP contribution in [0.3, 0.4) is 0 Å². The first-order chi connectivity index (χ1) is 9.32. The Morgan fingerprint density at radius 2 is 2.15 bits per heavy atom. The minimum Gasteiger partial charge on any atom is -0.384 e. The molecule has 1 atom stereocenters. The summed E-state index contributed by atoms with van der Waals surface area (Å²) in [4.78, 5) is 2.02. The van der Waals surface area contributed by atoms with Crippen molar-refractivity contribution >= 4 is 11.5 Å². The predicted octanol–water partition coefficient (Wildman–Crippen LogP) is 3.23. The lowest BCUT2D eigenvalue weighted by atomic mass is 10.1. The molecule has 20 heavy (non-hydrogen) atoms. The molecule has 110 valence electrons. The number of anilines is 1. The molecule has 2 rings (SSSR count). The van der Waals surface area contributed by atoms with E-state index in [1.54, 1.807) is 0 Å². The zero-order valence-corrected chi connectivity index (χ0v) is 11.3. The van der Waals surface area contributed by atoms with Crippen LogP contribution in [-0.2, 0) is 6.18 Å². The molecule has 0 radical (unpaired) electrons. The molecule has 1 unspecified atom stereocenters. The number of hydrogen-bond acceptors (Lipinski definition) is 2. The Labute approximate surface area is 116 Å². The topological polar surface area (TPSA) is 53.1 Å². The van der Waals surface area contributed by atoms with Gasteiger partial charge in [0.15, 0.2) is 0 Å². The quantitative estimate of drug-likeness (QED) is 0.661. The summed E-state index contributed by atoms with van der Waals surface area (Å²) in [6, 6.07) is 3.45. The average Bonchev–Trinajstić information content (AvgIpc) is 2.85. The molecule has 3 nitrogen and oxygen atoms in total. The Morgan fingerprint density at radius 1 is 1.45 bits per heavy atom. The second-order valence-corrected chi connectivity index (χ2v) is 5.15. The van der Waals surface area contributed by atoms with E-state index in [2.05, 4.69) is 6.92 Å². The molecule has 0 amide bonds. The van der Waals surface area contributed by atoms with Crippen molar-refractivity contribution in [1.82, 2.24) is 0 Å². The van der Waals surface area contributed by atoms with Gasteiger partial charge in [-0.3, -0.25) is 5.41 Å². The average molecular weight is 285 g/mol. The molecule has 0 aliphatic carbocycles. The number of nitrogens with one attached hydrogen (secondary N) is 1. The van der Waals surface area contributed by atoms with E-state index in [0.717, 1.165) is 38.1 Å². The molecule has 3 N–H and O–H groups in total. The lowest BCUT2D eigenvalue weighted by molar-refractivity contribution is -0.137. The van der Waals surface area contributed by atoms with E-state index in [0.29, 0.717) is 11.6 Å². The molecule has 0 bridgehead atoms. The third-order valence-electron chi connectivity index (χ3n) is 3.82. The lowest BCUT2D eigenvalue weighted by Crippen LogP contribution is -2.24. The zero-order chi connectivity index (χ0) is 14.9. The van der Waals surface area contributed by atoms with Crippen LogP contribution in [-0.4, -0.2) is 18.9 Å².